The van der Waals surface area contributed by atoms with E-state index in [4.69, 9.17) is 4.74 Å². The molecule has 1 amide bonds. The zero-order valence-electron chi connectivity index (χ0n) is 18.1. The minimum absolute atomic E-state index is 0.0261. The summed E-state index contributed by atoms with van der Waals surface area (Å²) in [5.74, 6) is 0.103. The lowest BCUT2D eigenvalue weighted by atomic mass is 9.74. The van der Waals surface area contributed by atoms with Gasteiger partial charge in [0.05, 0.1) is 22.4 Å². The standard InChI is InChI=1S/C22H31F3N4O2/c1-14(2)21(7-3-17(12-21)27-16-5-9-31-10-6-16)20(30)29-8-4-18-19(28-29)11-15(13-26-18)22(23,24)25/h11,13-14,16-17,27-28H,3-10,12H2,1-2H3/t17-,21+/m0/s1. The first kappa shape index (κ1) is 22.3. The second-order valence-electron chi connectivity index (χ2n) is 9.34. The van der Waals surface area contributed by atoms with Gasteiger partial charge in [0.15, 0.2) is 0 Å². The van der Waals surface area contributed by atoms with E-state index in [0.29, 0.717) is 24.7 Å². The number of nitrogens with zero attached hydrogens (tertiary/aromatic N) is 2. The molecular formula is C22H31F3N4O2. The molecule has 1 saturated heterocycles. The lowest BCUT2D eigenvalue weighted by molar-refractivity contribution is -0.143. The molecule has 0 aromatic carbocycles. The third-order valence-corrected chi connectivity index (χ3v) is 7.14. The number of nitrogens with one attached hydrogen (secondary N) is 2. The highest BCUT2D eigenvalue weighted by atomic mass is 19.4. The number of pyridine rings is 1. The van der Waals surface area contributed by atoms with Crippen LogP contribution in [0.3, 0.4) is 0 Å². The second kappa shape index (κ2) is 8.58. The molecule has 0 radical (unpaired) electrons. The van der Waals surface area contributed by atoms with Crippen LogP contribution in [0.25, 0.3) is 0 Å². The molecule has 6 nitrogen and oxygen atoms in total. The van der Waals surface area contributed by atoms with Crippen LogP contribution in [-0.4, -0.2) is 47.7 Å². The topological polar surface area (TPSA) is 66.5 Å². The monoisotopic (exact) mass is 440 g/mol. The average Bonchev–Trinajstić information content (AvgIpc) is 3.17. The van der Waals surface area contributed by atoms with Gasteiger partial charge in [-0.05, 0) is 44.1 Å². The van der Waals surface area contributed by atoms with Crippen molar-refractivity contribution in [3.8, 4) is 0 Å². The van der Waals surface area contributed by atoms with Crippen LogP contribution >= 0.6 is 0 Å². The van der Waals surface area contributed by atoms with E-state index in [9.17, 15) is 18.0 Å². The number of hydrogen-bond donors (Lipinski definition) is 2. The van der Waals surface area contributed by atoms with Gasteiger partial charge in [0.1, 0.15) is 0 Å². The van der Waals surface area contributed by atoms with Crippen LogP contribution < -0.4 is 10.7 Å². The Morgan fingerprint density at radius 2 is 2.03 bits per heavy atom. The number of carbonyl (C=O) groups excluding carboxylic acids is 1. The minimum atomic E-state index is -4.47. The summed E-state index contributed by atoms with van der Waals surface area (Å²) < 4.78 is 44.7. The number of aromatic nitrogens is 1. The molecule has 9 heteroatoms. The molecular weight excluding hydrogens is 409 g/mol. The number of halogens is 3. The molecule has 2 N–H and O–H groups in total. The van der Waals surface area contributed by atoms with E-state index in [-0.39, 0.29) is 23.6 Å². The number of hydrazine groups is 1. The van der Waals surface area contributed by atoms with Crippen LogP contribution in [0.1, 0.15) is 57.2 Å². The molecule has 31 heavy (non-hydrogen) atoms. The van der Waals surface area contributed by atoms with Gasteiger partial charge in [-0.1, -0.05) is 13.8 Å². The number of amides is 1. The van der Waals surface area contributed by atoms with E-state index >= 15 is 0 Å². The number of rotatable bonds is 4. The highest BCUT2D eigenvalue weighted by molar-refractivity contribution is 5.85. The third-order valence-electron chi connectivity index (χ3n) is 7.14. The molecule has 1 aromatic rings. The molecule has 0 unspecified atom stereocenters. The maximum absolute atomic E-state index is 13.7. The van der Waals surface area contributed by atoms with Gasteiger partial charge in [-0.25, -0.2) is 0 Å². The fourth-order valence-corrected chi connectivity index (χ4v) is 5.17. The van der Waals surface area contributed by atoms with Crippen molar-refractivity contribution >= 4 is 11.6 Å². The van der Waals surface area contributed by atoms with Crippen molar-refractivity contribution in [2.75, 3.05) is 25.2 Å². The summed E-state index contributed by atoms with van der Waals surface area (Å²) in [4.78, 5) is 17.6. The number of anilines is 1. The second-order valence-corrected chi connectivity index (χ2v) is 9.34. The van der Waals surface area contributed by atoms with Crippen LogP contribution in [0.2, 0.25) is 0 Å². The summed E-state index contributed by atoms with van der Waals surface area (Å²) in [6.45, 7) is 6.07. The third kappa shape index (κ3) is 4.53. The predicted octanol–water partition coefficient (Wildman–Crippen LogP) is 3.78. The van der Waals surface area contributed by atoms with Crippen molar-refractivity contribution < 1.29 is 22.7 Å². The van der Waals surface area contributed by atoms with E-state index in [1.54, 1.807) is 0 Å². The SMILES string of the molecule is CC(C)[C@@]1(C(=O)N2CCc3ncc(C(F)(F)F)cc3N2)CC[C@H](NC2CCOCC2)C1. The molecule has 1 aromatic heterocycles. The number of ether oxygens (including phenoxy) is 1. The molecule has 172 valence electrons. The Morgan fingerprint density at radius 3 is 2.71 bits per heavy atom. The fourth-order valence-electron chi connectivity index (χ4n) is 5.17. The summed E-state index contributed by atoms with van der Waals surface area (Å²) in [6, 6.07) is 1.74. The summed E-state index contributed by atoms with van der Waals surface area (Å²) in [5, 5.41) is 5.23. The Kier molecular flexibility index (Phi) is 6.18. The summed E-state index contributed by atoms with van der Waals surface area (Å²) in [5.41, 5.74) is 2.43. The lowest BCUT2D eigenvalue weighted by Crippen LogP contribution is -2.51. The number of hydrogen-bond acceptors (Lipinski definition) is 5. The molecule has 3 heterocycles. The van der Waals surface area contributed by atoms with E-state index in [0.717, 1.165) is 57.6 Å². The van der Waals surface area contributed by atoms with Gasteiger partial charge >= 0.3 is 6.18 Å². The van der Waals surface area contributed by atoms with Gasteiger partial charge in [0.25, 0.3) is 0 Å². The molecule has 1 saturated carbocycles. The van der Waals surface area contributed by atoms with Crippen molar-refractivity contribution in [1.29, 1.82) is 0 Å². The van der Waals surface area contributed by atoms with Gasteiger partial charge in [-0.3, -0.25) is 20.2 Å². The van der Waals surface area contributed by atoms with Crippen molar-refractivity contribution in [3.63, 3.8) is 0 Å². The van der Waals surface area contributed by atoms with Crippen LogP contribution in [0.5, 0.6) is 0 Å². The van der Waals surface area contributed by atoms with E-state index in [2.05, 4.69) is 29.6 Å². The predicted molar refractivity (Wildman–Crippen MR) is 110 cm³/mol. The molecule has 0 spiro atoms. The van der Waals surface area contributed by atoms with Gasteiger partial charge in [-0.15, -0.1) is 0 Å². The summed E-state index contributed by atoms with van der Waals surface area (Å²) in [7, 11) is 0. The van der Waals surface area contributed by atoms with Gasteiger partial charge in [0, 0.05) is 44.5 Å². The summed E-state index contributed by atoms with van der Waals surface area (Å²) in [6.07, 6.45) is 1.23. The van der Waals surface area contributed by atoms with Gasteiger partial charge in [-0.2, -0.15) is 13.2 Å². The zero-order valence-corrected chi connectivity index (χ0v) is 18.1. The first-order valence-electron chi connectivity index (χ1n) is 11.2. The normalized spacial score (nSPS) is 27.3. The Hall–Kier alpha value is -1.87. The van der Waals surface area contributed by atoms with Crippen LogP contribution in [0.15, 0.2) is 12.3 Å². The van der Waals surface area contributed by atoms with Crippen molar-refractivity contribution in [2.45, 2.75) is 70.6 Å². The molecule has 2 atom stereocenters. The number of fused-ring (bicyclic) bond motifs is 1. The van der Waals surface area contributed by atoms with Crippen molar-refractivity contribution in [2.24, 2.45) is 11.3 Å². The Labute approximate surface area is 180 Å². The average molecular weight is 441 g/mol. The first-order chi connectivity index (χ1) is 14.7. The van der Waals surface area contributed by atoms with Crippen molar-refractivity contribution in [3.05, 3.63) is 23.5 Å². The van der Waals surface area contributed by atoms with Crippen molar-refractivity contribution in [1.82, 2.24) is 15.3 Å². The molecule has 1 aliphatic carbocycles. The maximum atomic E-state index is 13.7. The van der Waals surface area contributed by atoms with Crippen LogP contribution in [0, 0.1) is 11.3 Å². The van der Waals surface area contributed by atoms with Crippen LogP contribution in [0.4, 0.5) is 18.9 Å². The van der Waals surface area contributed by atoms with E-state index < -0.39 is 17.2 Å². The van der Waals surface area contributed by atoms with Gasteiger partial charge in [0.2, 0.25) is 5.91 Å². The molecule has 3 aliphatic rings. The minimum Gasteiger partial charge on any atom is -0.381 e. The van der Waals surface area contributed by atoms with Gasteiger partial charge < -0.3 is 10.1 Å². The Bertz CT molecular complexity index is 810. The highest BCUT2D eigenvalue weighted by Crippen LogP contribution is 2.46. The largest absolute Gasteiger partial charge is 0.417 e. The Morgan fingerprint density at radius 1 is 1.29 bits per heavy atom. The van der Waals surface area contributed by atoms with Crippen LogP contribution in [-0.2, 0) is 22.1 Å². The molecule has 4 rings (SSSR count). The first-order valence-corrected chi connectivity index (χ1v) is 11.2. The Balaban J connectivity index is 1.48. The lowest BCUT2D eigenvalue weighted by Gasteiger charge is -2.40. The van der Waals surface area contributed by atoms with E-state index in [1.165, 1.54) is 5.01 Å². The number of carbonyl (C=O) groups is 1. The molecule has 2 fully saturated rings. The number of alkyl halides is 3. The summed E-state index contributed by atoms with van der Waals surface area (Å²) >= 11 is 0. The van der Waals surface area contributed by atoms with E-state index in [1.807, 2.05) is 0 Å². The highest BCUT2D eigenvalue weighted by Gasteiger charge is 2.50. The maximum Gasteiger partial charge on any atom is 0.417 e. The zero-order chi connectivity index (χ0) is 22.2. The molecule has 2 aliphatic heterocycles. The fraction of sp³-hybridized carbons (Fsp3) is 0.727. The quantitative estimate of drug-likeness (QED) is 0.746. The smallest absolute Gasteiger partial charge is 0.381 e. The molecule has 0 bridgehead atoms.